The Balaban J connectivity index is 2.28. The van der Waals surface area contributed by atoms with E-state index in [0.29, 0.717) is 17.1 Å². The first-order valence-corrected chi connectivity index (χ1v) is 8.65. The van der Waals surface area contributed by atoms with Crippen LogP contribution in [0.2, 0.25) is 0 Å². The molecule has 0 aliphatic heterocycles. The van der Waals surface area contributed by atoms with E-state index in [1.165, 1.54) is 0 Å². The van der Waals surface area contributed by atoms with E-state index >= 15 is 0 Å². The zero-order valence-electron chi connectivity index (χ0n) is 11.4. The molecule has 1 aromatic carbocycles. The first-order chi connectivity index (χ1) is 9.76. The lowest BCUT2D eigenvalue weighted by molar-refractivity contribution is 0.101. The molecule has 0 aliphatic rings. The standard InChI is InChI=1S/C13H14BrN3O3S/c1-17-8-9(14)7-12(17)13(18)15-10-5-3-4-6-11(10)16-21(2,19)20/h3-8,16H,1-2H3,(H,15,18). The van der Waals surface area contributed by atoms with Crippen LogP contribution in [0.25, 0.3) is 0 Å². The summed E-state index contributed by atoms with van der Waals surface area (Å²) >= 11 is 3.30. The van der Waals surface area contributed by atoms with Gasteiger partial charge >= 0.3 is 0 Å². The number of sulfonamides is 1. The van der Waals surface area contributed by atoms with Crippen LogP contribution in [0.5, 0.6) is 0 Å². The highest BCUT2D eigenvalue weighted by Gasteiger charge is 2.14. The Hall–Kier alpha value is -1.80. The smallest absolute Gasteiger partial charge is 0.272 e. The number of halogens is 1. The number of aromatic nitrogens is 1. The molecule has 1 amide bonds. The van der Waals surface area contributed by atoms with Crippen LogP contribution >= 0.6 is 15.9 Å². The van der Waals surface area contributed by atoms with Crippen molar-refractivity contribution >= 4 is 43.2 Å². The third-order valence-electron chi connectivity index (χ3n) is 2.67. The van der Waals surface area contributed by atoms with E-state index in [9.17, 15) is 13.2 Å². The van der Waals surface area contributed by atoms with Crippen molar-refractivity contribution in [2.24, 2.45) is 7.05 Å². The number of carbonyl (C=O) groups excluding carboxylic acids is 1. The number of nitrogens with zero attached hydrogens (tertiary/aromatic N) is 1. The van der Waals surface area contributed by atoms with E-state index in [1.807, 2.05) is 0 Å². The van der Waals surface area contributed by atoms with Crippen molar-refractivity contribution in [2.75, 3.05) is 16.3 Å². The second-order valence-electron chi connectivity index (χ2n) is 4.53. The second kappa shape index (κ2) is 5.90. The summed E-state index contributed by atoms with van der Waals surface area (Å²) < 4.78 is 27.5. The van der Waals surface area contributed by atoms with E-state index < -0.39 is 10.0 Å². The minimum Gasteiger partial charge on any atom is -0.345 e. The normalized spacial score (nSPS) is 11.2. The number of rotatable bonds is 4. The van der Waals surface area contributed by atoms with Crippen LogP contribution in [0.15, 0.2) is 41.0 Å². The van der Waals surface area contributed by atoms with E-state index in [0.717, 1.165) is 10.7 Å². The van der Waals surface area contributed by atoms with Crippen molar-refractivity contribution in [3.63, 3.8) is 0 Å². The van der Waals surface area contributed by atoms with Gasteiger partial charge in [-0.25, -0.2) is 8.42 Å². The fourth-order valence-corrected chi connectivity index (χ4v) is 2.92. The number of hydrogen-bond donors (Lipinski definition) is 2. The van der Waals surface area contributed by atoms with E-state index in [4.69, 9.17) is 0 Å². The minimum atomic E-state index is -3.42. The third kappa shape index (κ3) is 4.08. The molecular formula is C13H14BrN3O3S. The van der Waals surface area contributed by atoms with Crippen molar-refractivity contribution in [3.05, 3.63) is 46.7 Å². The zero-order valence-corrected chi connectivity index (χ0v) is 13.8. The maximum atomic E-state index is 12.2. The summed E-state index contributed by atoms with van der Waals surface area (Å²) in [6.07, 6.45) is 2.81. The average molecular weight is 372 g/mol. The molecule has 8 heteroatoms. The fourth-order valence-electron chi connectivity index (χ4n) is 1.82. The van der Waals surface area contributed by atoms with Gasteiger partial charge in [0, 0.05) is 17.7 Å². The van der Waals surface area contributed by atoms with Gasteiger partial charge in [-0.1, -0.05) is 12.1 Å². The molecule has 0 radical (unpaired) electrons. The van der Waals surface area contributed by atoms with E-state index in [-0.39, 0.29) is 5.91 Å². The van der Waals surface area contributed by atoms with Crippen molar-refractivity contribution in [1.82, 2.24) is 4.57 Å². The number of anilines is 2. The Morgan fingerprint density at radius 1 is 1.24 bits per heavy atom. The quantitative estimate of drug-likeness (QED) is 0.865. The van der Waals surface area contributed by atoms with Gasteiger partial charge in [0.1, 0.15) is 5.69 Å². The van der Waals surface area contributed by atoms with Gasteiger partial charge in [0.25, 0.3) is 5.91 Å². The predicted molar refractivity (Wildman–Crippen MR) is 86.0 cm³/mol. The van der Waals surface area contributed by atoms with Gasteiger partial charge in [-0.05, 0) is 34.1 Å². The molecule has 2 rings (SSSR count). The fraction of sp³-hybridized carbons (Fsp3) is 0.154. The number of amides is 1. The van der Waals surface area contributed by atoms with Gasteiger partial charge in [0.2, 0.25) is 10.0 Å². The van der Waals surface area contributed by atoms with Gasteiger partial charge in [-0.3, -0.25) is 9.52 Å². The number of benzene rings is 1. The lowest BCUT2D eigenvalue weighted by atomic mass is 10.2. The SMILES string of the molecule is Cn1cc(Br)cc1C(=O)Nc1ccccc1NS(C)(=O)=O. The highest BCUT2D eigenvalue weighted by Crippen LogP contribution is 2.23. The Kier molecular flexibility index (Phi) is 4.38. The first kappa shape index (κ1) is 15.6. The molecule has 0 bridgehead atoms. The monoisotopic (exact) mass is 371 g/mol. The Bertz CT molecular complexity index is 784. The minimum absolute atomic E-state index is 0.321. The summed E-state index contributed by atoms with van der Waals surface area (Å²) in [5.74, 6) is -0.328. The van der Waals surface area contributed by atoms with Crippen LogP contribution in [-0.4, -0.2) is 25.1 Å². The first-order valence-electron chi connectivity index (χ1n) is 5.96. The topological polar surface area (TPSA) is 80.2 Å². The lowest BCUT2D eigenvalue weighted by Gasteiger charge is -2.12. The number of aryl methyl sites for hydroxylation is 1. The molecule has 0 aliphatic carbocycles. The van der Waals surface area contributed by atoms with Crippen LogP contribution in [0, 0.1) is 0 Å². The Morgan fingerprint density at radius 2 is 1.86 bits per heavy atom. The number of hydrogen-bond acceptors (Lipinski definition) is 3. The van der Waals surface area contributed by atoms with Crippen LogP contribution in [0.4, 0.5) is 11.4 Å². The summed E-state index contributed by atoms with van der Waals surface area (Å²) in [4.78, 5) is 12.2. The highest BCUT2D eigenvalue weighted by atomic mass is 79.9. The molecule has 0 fully saturated rings. The largest absolute Gasteiger partial charge is 0.345 e. The Labute approximate surface area is 131 Å². The summed E-state index contributed by atoms with van der Waals surface area (Å²) in [5, 5.41) is 2.70. The van der Waals surface area contributed by atoms with E-state index in [1.54, 1.807) is 48.1 Å². The third-order valence-corrected chi connectivity index (χ3v) is 3.70. The van der Waals surface area contributed by atoms with Gasteiger partial charge in [-0.15, -0.1) is 0 Å². The molecule has 0 spiro atoms. The average Bonchev–Trinajstić information content (AvgIpc) is 2.69. The second-order valence-corrected chi connectivity index (χ2v) is 7.19. The van der Waals surface area contributed by atoms with Gasteiger partial charge in [0.15, 0.2) is 0 Å². The molecule has 0 saturated heterocycles. The van der Waals surface area contributed by atoms with Gasteiger partial charge < -0.3 is 9.88 Å². The summed E-state index contributed by atoms with van der Waals surface area (Å²) in [5.41, 5.74) is 1.17. The zero-order chi connectivity index (χ0) is 15.6. The van der Waals surface area contributed by atoms with Gasteiger partial charge in [0.05, 0.1) is 17.6 Å². The lowest BCUT2D eigenvalue weighted by Crippen LogP contribution is -2.17. The predicted octanol–water partition coefficient (Wildman–Crippen LogP) is 2.41. The molecule has 1 heterocycles. The van der Waals surface area contributed by atoms with Crippen molar-refractivity contribution in [2.45, 2.75) is 0 Å². The molecule has 0 unspecified atom stereocenters. The molecule has 21 heavy (non-hydrogen) atoms. The molecule has 0 saturated carbocycles. The maximum Gasteiger partial charge on any atom is 0.272 e. The Morgan fingerprint density at radius 3 is 2.38 bits per heavy atom. The number of carbonyl (C=O) groups is 1. The highest BCUT2D eigenvalue weighted by molar-refractivity contribution is 9.10. The molecule has 1 aromatic heterocycles. The van der Waals surface area contributed by atoms with E-state index in [2.05, 4.69) is 26.0 Å². The summed E-state index contributed by atoms with van der Waals surface area (Å²) in [6.45, 7) is 0. The summed E-state index contributed by atoms with van der Waals surface area (Å²) in [7, 11) is -1.67. The molecule has 112 valence electrons. The van der Waals surface area contributed by atoms with Crippen LogP contribution in [0.3, 0.4) is 0 Å². The molecule has 6 nitrogen and oxygen atoms in total. The maximum absolute atomic E-state index is 12.2. The van der Waals surface area contributed by atoms with Crippen LogP contribution < -0.4 is 10.0 Å². The van der Waals surface area contributed by atoms with Crippen molar-refractivity contribution in [3.8, 4) is 0 Å². The molecule has 2 aromatic rings. The van der Waals surface area contributed by atoms with Crippen LogP contribution in [-0.2, 0) is 17.1 Å². The number of para-hydroxylation sites is 2. The van der Waals surface area contributed by atoms with Crippen molar-refractivity contribution < 1.29 is 13.2 Å². The molecule has 2 N–H and O–H groups in total. The number of nitrogens with one attached hydrogen (secondary N) is 2. The van der Waals surface area contributed by atoms with Gasteiger partial charge in [-0.2, -0.15) is 0 Å². The molecule has 0 atom stereocenters. The summed E-state index contributed by atoms with van der Waals surface area (Å²) in [6, 6.07) is 8.29. The van der Waals surface area contributed by atoms with Crippen LogP contribution in [0.1, 0.15) is 10.5 Å². The molecular weight excluding hydrogens is 358 g/mol. The van der Waals surface area contributed by atoms with Crippen molar-refractivity contribution in [1.29, 1.82) is 0 Å².